The number of nitrogens with zero attached hydrogens (tertiary/aromatic N) is 4. The third-order valence-electron chi connectivity index (χ3n) is 5.22. The van der Waals surface area contributed by atoms with Gasteiger partial charge in [0, 0.05) is 42.7 Å². The summed E-state index contributed by atoms with van der Waals surface area (Å²) >= 11 is 0. The average Bonchev–Trinajstić information content (AvgIpc) is 3.40. The lowest BCUT2D eigenvalue weighted by atomic mass is 9.96. The van der Waals surface area contributed by atoms with Crippen LogP contribution in [-0.2, 0) is 18.3 Å². The van der Waals surface area contributed by atoms with E-state index in [2.05, 4.69) is 5.10 Å². The summed E-state index contributed by atoms with van der Waals surface area (Å²) in [4.78, 5) is 28.4. The Morgan fingerprint density at radius 2 is 1.78 bits per heavy atom. The van der Waals surface area contributed by atoms with Gasteiger partial charge in [-0.2, -0.15) is 5.10 Å². The maximum absolute atomic E-state index is 12.4. The smallest absolute Gasteiger partial charge is 0.249 e. The van der Waals surface area contributed by atoms with E-state index < -0.39 is 5.91 Å². The molecule has 4 aromatic rings. The molecule has 0 aliphatic carbocycles. The number of amides is 2. The molecule has 32 heavy (non-hydrogen) atoms. The molecule has 2 amide bonds. The number of aromatic nitrogens is 4. The van der Waals surface area contributed by atoms with Crippen LogP contribution in [0, 0.1) is 0 Å². The van der Waals surface area contributed by atoms with Gasteiger partial charge < -0.3 is 11.5 Å². The van der Waals surface area contributed by atoms with Crippen molar-refractivity contribution >= 4 is 11.8 Å². The van der Waals surface area contributed by atoms with Crippen molar-refractivity contribution in [2.24, 2.45) is 18.5 Å². The van der Waals surface area contributed by atoms with Crippen molar-refractivity contribution in [1.82, 2.24) is 19.3 Å². The maximum atomic E-state index is 12.4. The zero-order chi connectivity index (χ0) is 22.7. The van der Waals surface area contributed by atoms with Crippen molar-refractivity contribution in [3.05, 3.63) is 78.4 Å². The fourth-order valence-corrected chi connectivity index (χ4v) is 3.75. The Morgan fingerprint density at radius 1 is 1.00 bits per heavy atom. The second-order valence-corrected chi connectivity index (χ2v) is 7.58. The number of aryl methyl sites for hydroxylation is 2. The summed E-state index contributed by atoms with van der Waals surface area (Å²) in [6.45, 7) is 0. The number of para-hydroxylation sites is 1. The number of hydrogen-bond acceptors (Lipinski definition) is 4. The van der Waals surface area contributed by atoms with Gasteiger partial charge >= 0.3 is 0 Å². The summed E-state index contributed by atoms with van der Waals surface area (Å²) in [5.74, 6) is -0.284. The number of primary amides is 2. The van der Waals surface area contributed by atoms with Crippen LogP contribution in [0.25, 0.3) is 28.2 Å². The number of imidazole rings is 1. The van der Waals surface area contributed by atoms with Crippen LogP contribution in [-0.4, -0.2) is 31.1 Å². The molecule has 0 unspecified atom stereocenters. The molecular weight excluding hydrogens is 404 g/mol. The molecule has 0 bridgehead atoms. The fourth-order valence-electron chi connectivity index (χ4n) is 3.75. The van der Waals surface area contributed by atoms with Crippen molar-refractivity contribution in [3.8, 4) is 28.2 Å². The van der Waals surface area contributed by atoms with E-state index in [9.17, 15) is 9.59 Å². The van der Waals surface area contributed by atoms with Gasteiger partial charge in [0.05, 0.1) is 17.5 Å². The van der Waals surface area contributed by atoms with Crippen LogP contribution >= 0.6 is 0 Å². The van der Waals surface area contributed by atoms with Crippen LogP contribution < -0.4 is 11.5 Å². The van der Waals surface area contributed by atoms with E-state index in [-0.39, 0.29) is 12.3 Å². The molecule has 0 aliphatic heterocycles. The third kappa shape index (κ3) is 4.29. The van der Waals surface area contributed by atoms with Gasteiger partial charge in [0.2, 0.25) is 11.8 Å². The predicted octanol–water partition coefficient (Wildman–Crippen LogP) is 2.85. The molecule has 162 valence electrons. The highest BCUT2D eigenvalue weighted by atomic mass is 16.1. The minimum Gasteiger partial charge on any atom is -0.370 e. The van der Waals surface area contributed by atoms with Gasteiger partial charge in [0.1, 0.15) is 5.82 Å². The molecule has 2 heterocycles. The summed E-state index contributed by atoms with van der Waals surface area (Å²) in [7, 11) is 1.84. The number of hydrogen-bond donors (Lipinski definition) is 2. The quantitative estimate of drug-likeness (QED) is 0.448. The molecule has 2 aromatic heterocycles. The molecule has 0 spiro atoms. The Kier molecular flexibility index (Phi) is 5.85. The topological polar surface area (TPSA) is 122 Å². The van der Waals surface area contributed by atoms with Crippen LogP contribution in [0.5, 0.6) is 0 Å². The Balaban J connectivity index is 1.93. The minimum atomic E-state index is -0.538. The van der Waals surface area contributed by atoms with E-state index >= 15 is 0 Å². The van der Waals surface area contributed by atoms with Crippen molar-refractivity contribution < 1.29 is 9.59 Å². The lowest BCUT2D eigenvalue weighted by molar-refractivity contribution is -0.118. The zero-order valence-electron chi connectivity index (χ0n) is 17.7. The van der Waals surface area contributed by atoms with Crippen LogP contribution in [0.15, 0.2) is 67.1 Å². The SMILES string of the molecule is Cn1cc(-c2cccc(C(N)=O)c2-c2nc(CCCC(N)=O)cn2-c2ccccc2)cn1. The van der Waals surface area contributed by atoms with Gasteiger partial charge in [-0.05, 0) is 36.6 Å². The number of nitrogens with two attached hydrogens (primary N) is 2. The molecule has 8 heteroatoms. The van der Waals surface area contributed by atoms with Crippen LogP contribution in [0.4, 0.5) is 0 Å². The van der Waals surface area contributed by atoms with Crippen molar-refractivity contribution in [2.75, 3.05) is 0 Å². The van der Waals surface area contributed by atoms with Crippen molar-refractivity contribution in [2.45, 2.75) is 19.3 Å². The average molecular weight is 428 g/mol. The van der Waals surface area contributed by atoms with Gasteiger partial charge in [0.15, 0.2) is 0 Å². The first-order valence-corrected chi connectivity index (χ1v) is 10.3. The second-order valence-electron chi connectivity index (χ2n) is 7.58. The molecule has 4 N–H and O–H groups in total. The van der Waals surface area contributed by atoms with Crippen LogP contribution in [0.2, 0.25) is 0 Å². The van der Waals surface area contributed by atoms with E-state index in [1.165, 1.54) is 0 Å². The van der Waals surface area contributed by atoms with E-state index in [0.717, 1.165) is 22.5 Å². The van der Waals surface area contributed by atoms with Gasteiger partial charge in [0.25, 0.3) is 0 Å². The highest BCUT2D eigenvalue weighted by Gasteiger charge is 2.22. The van der Waals surface area contributed by atoms with Crippen LogP contribution in [0.3, 0.4) is 0 Å². The van der Waals surface area contributed by atoms with E-state index in [4.69, 9.17) is 16.5 Å². The standard InChI is InChI=1S/C24H24N6O2/c1-29-14-16(13-27-29)19-10-6-11-20(23(26)32)22(19)24-28-17(7-5-12-21(25)31)15-30(24)18-8-3-2-4-9-18/h2-4,6,8-11,13-15H,5,7,12H2,1H3,(H2,25,31)(H2,26,32). The molecular formula is C24H24N6O2. The molecule has 0 aliphatic rings. The molecule has 0 radical (unpaired) electrons. The number of carbonyl (C=O) groups excluding carboxylic acids is 2. The van der Waals surface area contributed by atoms with Gasteiger partial charge in [-0.25, -0.2) is 4.98 Å². The molecule has 0 saturated carbocycles. The lowest BCUT2D eigenvalue weighted by Crippen LogP contribution is -2.14. The first-order chi connectivity index (χ1) is 15.4. The normalized spacial score (nSPS) is 10.9. The molecule has 0 atom stereocenters. The second kappa shape index (κ2) is 8.89. The molecule has 4 rings (SSSR count). The molecule has 8 nitrogen and oxygen atoms in total. The van der Waals surface area contributed by atoms with Crippen molar-refractivity contribution in [1.29, 1.82) is 0 Å². The Bertz CT molecular complexity index is 1270. The summed E-state index contributed by atoms with van der Waals surface area (Å²) in [5, 5.41) is 4.27. The van der Waals surface area contributed by atoms with E-state index in [1.54, 1.807) is 23.0 Å². The highest BCUT2D eigenvalue weighted by molar-refractivity contribution is 6.03. The summed E-state index contributed by atoms with van der Waals surface area (Å²) in [6.07, 6.45) is 7.01. The van der Waals surface area contributed by atoms with Crippen LogP contribution in [0.1, 0.15) is 28.9 Å². The monoisotopic (exact) mass is 428 g/mol. The molecule has 0 fully saturated rings. The van der Waals surface area contributed by atoms with Crippen molar-refractivity contribution in [3.63, 3.8) is 0 Å². The third-order valence-corrected chi connectivity index (χ3v) is 5.22. The summed E-state index contributed by atoms with van der Waals surface area (Å²) < 4.78 is 3.65. The Morgan fingerprint density at radius 3 is 2.44 bits per heavy atom. The summed E-state index contributed by atoms with van der Waals surface area (Å²) in [5.41, 5.74) is 15.4. The largest absolute Gasteiger partial charge is 0.370 e. The van der Waals surface area contributed by atoms with Gasteiger partial charge in [-0.3, -0.25) is 18.8 Å². The maximum Gasteiger partial charge on any atom is 0.249 e. The Hall–Kier alpha value is -4.20. The van der Waals surface area contributed by atoms with Gasteiger partial charge in [-0.1, -0.05) is 30.3 Å². The first-order valence-electron chi connectivity index (χ1n) is 10.3. The lowest BCUT2D eigenvalue weighted by Gasteiger charge is -2.14. The number of carbonyl (C=O) groups is 2. The van der Waals surface area contributed by atoms with Gasteiger partial charge in [-0.15, -0.1) is 0 Å². The first kappa shape index (κ1) is 21.0. The van der Waals surface area contributed by atoms with E-state index in [1.807, 2.05) is 60.4 Å². The molecule has 2 aromatic carbocycles. The zero-order valence-corrected chi connectivity index (χ0v) is 17.7. The predicted molar refractivity (Wildman–Crippen MR) is 122 cm³/mol. The number of rotatable bonds is 8. The fraction of sp³-hybridized carbons (Fsp3) is 0.167. The number of benzene rings is 2. The molecule has 0 saturated heterocycles. The van der Waals surface area contributed by atoms with E-state index in [0.29, 0.717) is 29.8 Å². The highest BCUT2D eigenvalue weighted by Crippen LogP contribution is 2.35. The minimum absolute atomic E-state index is 0.284. The summed E-state index contributed by atoms with van der Waals surface area (Å²) in [6, 6.07) is 15.2. The Labute approximate surface area is 185 Å².